The molecule has 0 unspecified atom stereocenters. The lowest BCUT2D eigenvalue weighted by molar-refractivity contribution is -0.305. The highest BCUT2D eigenvalue weighted by atomic mass is 16.5. The predicted octanol–water partition coefficient (Wildman–Crippen LogP) is 1.52. The summed E-state index contributed by atoms with van der Waals surface area (Å²) >= 11 is 0. The number of hydrogen-bond acceptors (Lipinski definition) is 3. The Kier molecular flexibility index (Phi) is 4.35. The second-order valence-electron chi connectivity index (χ2n) is 4.03. The van der Waals surface area contributed by atoms with Crippen molar-refractivity contribution in [2.75, 3.05) is 6.61 Å². The molecule has 0 N–H and O–H groups in total. The first-order valence-corrected chi connectivity index (χ1v) is 5.41. The third-order valence-electron chi connectivity index (χ3n) is 2.55. The second kappa shape index (κ2) is 5.54. The molecule has 0 saturated carbocycles. The first-order valence-electron chi connectivity index (χ1n) is 5.41. The topological polar surface area (TPSA) is 49.4 Å². The van der Waals surface area contributed by atoms with Gasteiger partial charge >= 0.3 is 0 Å². The number of carboxylic acids is 1. The van der Waals surface area contributed by atoms with E-state index in [1.54, 1.807) is 0 Å². The Labute approximate surface area is 96.1 Å². The molecule has 0 spiro atoms. The van der Waals surface area contributed by atoms with Crippen molar-refractivity contribution >= 4 is 5.97 Å². The molecule has 88 valence electrons. The summed E-state index contributed by atoms with van der Waals surface area (Å²) in [6.07, 6.45) is 0.526. The molecule has 0 aliphatic rings. The maximum Gasteiger partial charge on any atom is 0.122 e. The van der Waals surface area contributed by atoms with Gasteiger partial charge in [0, 0.05) is 5.97 Å². The molecule has 0 saturated heterocycles. The van der Waals surface area contributed by atoms with Crippen molar-refractivity contribution in [1.82, 2.24) is 0 Å². The van der Waals surface area contributed by atoms with E-state index in [1.165, 1.54) is 5.56 Å². The standard InChI is InChI=1S/C13H18O3/c1-9-7-10(2)11(3)12(8-9)16-6-4-5-13(14)15/h7-8H,4-6H2,1-3H3,(H,14,15)/p-1. The highest BCUT2D eigenvalue weighted by Gasteiger charge is 2.03. The average Bonchev–Trinajstić information content (AvgIpc) is 2.19. The van der Waals surface area contributed by atoms with E-state index in [2.05, 4.69) is 6.07 Å². The lowest BCUT2D eigenvalue weighted by Gasteiger charge is -2.12. The number of carbonyl (C=O) groups excluding carboxylic acids is 1. The van der Waals surface area contributed by atoms with Crippen LogP contribution in [0.5, 0.6) is 5.75 Å². The Hall–Kier alpha value is -1.51. The van der Waals surface area contributed by atoms with Crippen molar-refractivity contribution in [3.63, 3.8) is 0 Å². The van der Waals surface area contributed by atoms with Crippen molar-refractivity contribution in [1.29, 1.82) is 0 Å². The number of rotatable bonds is 5. The van der Waals surface area contributed by atoms with Crippen LogP contribution in [0.3, 0.4) is 0 Å². The van der Waals surface area contributed by atoms with E-state index in [9.17, 15) is 9.90 Å². The molecule has 1 aromatic carbocycles. The Morgan fingerprint density at radius 3 is 2.62 bits per heavy atom. The molecule has 0 radical (unpaired) electrons. The van der Waals surface area contributed by atoms with Crippen LogP contribution in [0, 0.1) is 20.8 Å². The molecule has 0 aliphatic carbocycles. The SMILES string of the molecule is Cc1cc(C)c(C)c(OCCCC(=O)[O-])c1. The minimum atomic E-state index is -1.03. The zero-order valence-corrected chi connectivity index (χ0v) is 10.0. The van der Waals surface area contributed by atoms with Crippen LogP contribution in [0.4, 0.5) is 0 Å². The molecule has 0 heterocycles. The van der Waals surface area contributed by atoms with Crippen molar-refractivity contribution in [2.24, 2.45) is 0 Å². The van der Waals surface area contributed by atoms with Crippen LogP contribution in [-0.2, 0) is 4.79 Å². The fraction of sp³-hybridized carbons (Fsp3) is 0.462. The van der Waals surface area contributed by atoms with Crippen LogP contribution < -0.4 is 9.84 Å². The van der Waals surface area contributed by atoms with Crippen molar-refractivity contribution < 1.29 is 14.6 Å². The summed E-state index contributed by atoms with van der Waals surface area (Å²) in [4.78, 5) is 10.2. The minimum absolute atomic E-state index is 0.0455. The molecule has 16 heavy (non-hydrogen) atoms. The molecule has 3 nitrogen and oxygen atoms in total. The summed E-state index contributed by atoms with van der Waals surface area (Å²) < 4.78 is 5.56. The van der Waals surface area contributed by atoms with Gasteiger partial charge in [0.2, 0.25) is 0 Å². The molecule has 0 bridgehead atoms. The number of carboxylic acid groups (broad SMARTS) is 1. The normalized spacial score (nSPS) is 10.2. The number of aliphatic carboxylic acids is 1. The van der Waals surface area contributed by atoms with Gasteiger partial charge in [-0.25, -0.2) is 0 Å². The van der Waals surface area contributed by atoms with Crippen LogP contribution in [0.2, 0.25) is 0 Å². The maximum absolute atomic E-state index is 10.2. The minimum Gasteiger partial charge on any atom is -0.550 e. The van der Waals surface area contributed by atoms with Crippen molar-refractivity contribution in [3.8, 4) is 5.75 Å². The number of ether oxygens (including phenoxy) is 1. The van der Waals surface area contributed by atoms with E-state index in [1.807, 2.05) is 26.8 Å². The Morgan fingerprint density at radius 2 is 2.00 bits per heavy atom. The molecule has 0 aliphatic heterocycles. The van der Waals surface area contributed by atoms with Gasteiger partial charge in [-0.3, -0.25) is 0 Å². The Morgan fingerprint density at radius 1 is 1.31 bits per heavy atom. The highest BCUT2D eigenvalue weighted by Crippen LogP contribution is 2.23. The number of aryl methyl sites for hydroxylation is 2. The zero-order chi connectivity index (χ0) is 12.1. The highest BCUT2D eigenvalue weighted by molar-refractivity contribution is 5.64. The number of hydrogen-bond donors (Lipinski definition) is 0. The van der Waals surface area contributed by atoms with Gasteiger partial charge in [-0.2, -0.15) is 0 Å². The first kappa shape index (κ1) is 12.6. The van der Waals surface area contributed by atoms with E-state index in [4.69, 9.17) is 4.74 Å². The summed E-state index contributed by atoms with van der Waals surface area (Å²) in [5.41, 5.74) is 3.45. The van der Waals surface area contributed by atoms with Gasteiger partial charge in [0.05, 0.1) is 6.61 Å². The number of benzene rings is 1. The van der Waals surface area contributed by atoms with E-state index in [-0.39, 0.29) is 6.42 Å². The van der Waals surface area contributed by atoms with Gasteiger partial charge in [0.15, 0.2) is 0 Å². The third kappa shape index (κ3) is 3.57. The Balaban J connectivity index is 2.57. The quantitative estimate of drug-likeness (QED) is 0.708. The summed E-state index contributed by atoms with van der Waals surface area (Å²) in [6.45, 7) is 6.47. The molecular weight excluding hydrogens is 204 g/mol. The van der Waals surface area contributed by atoms with Crippen molar-refractivity contribution in [2.45, 2.75) is 33.6 Å². The van der Waals surface area contributed by atoms with Gasteiger partial charge < -0.3 is 14.6 Å². The van der Waals surface area contributed by atoms with Gasteiger partial charge in [-0.05, 0) is 56.4 Å². The van der Waals surface area contributed by atoms with Crippen molar-refractivity contribution in [3.05, 3.63) is 28.8 Å². The van der Waals surface area contributed by atoms with Gasteiger partial charge in [-0.1, -0.05) is 6.07 Å². The maximum atomic E-state index is 10.2. The molecule has 0 atom stereocenters. The molecule has 0 aromatic heterocycles. The summed E-state index contributed by atoms with van der Waals surface area (Å²) in [5, 5.41) is 10.2. The molecular formula is C13H17O3-. The third-order valence-corrected chi connectivity index (χ3v) is 2.55. The lowest BCUT2D eigenvalue weighted by atomic mass is 10.1. The average molecular weight is 221 g/mol. The van der Waals surface area contributed by atoms with Crippen LogP contribution in [0.25, 0.3) is 0 Å². The monoisotopic (exact) mass is 221 g/mol. The molecule has 0 fully saturated rings. The molecule has 3 heteroatoms. The number of carbonyl (C=O) groups is 1. The van der Waals surface area contributed by atoms with Gasteiger partial charge in [0.1, 0.15) is 5.75 Å². The predicted molar refractivity (Wildman–Crippen MR) is 60.4 cm³/mol. The summed E-state index contributed by atoms with van der Waals surface area (Å²) in [7, 11) is 0. The molecule has 1 rings (SSSR count). The van der Waals surface area contributed by atoms with Crippen LogP contribution >= 0.6 is 0 Å². The first-order chi connectivity index (χ1) is 7.50. The Bertz CT molecular complexity index is 383. The van der Waals surface area contributed by atoms with Crippen LogP contribution in [0.1, 0.15) is 29.5 Å². The lowest BCUT2D eigenvalue weighted by Crippen LogP contribution is -2.22. The van der Waals surface area contributed by atoms with Crippen LogP contribution in [0.15, 0.2) is 12.1 Å². The van der Waals surface area contributed by atoms with Crippen LogP contribution in [-0.4, -0.2) is 12.6 Å². The van der Waals surface area contributed by atoms with E-state index in [0.717, 1.165) is 16.9 Å². The fourth-order valence-corrected chi connectivity index (χ4v) is 1.55. The smallest absolute Gasteiger partial charge is 0.122 e. The van der Waals surface area contributed by atoms with E-state index in [0.29, 0.717) is 13.0 Å². The largest absolute Gasteiger partial charge is 0.550 e. The summed E-state index contributed by atoms with van der Waals surface area (Å²) in [6, 6.07) is 4.07. The van der Waals surface area contributed by atoms with Gasteiger partial charge in [-0.15, -0.1) is 0 Å². The van der Waals surface area contributed by atoms with E-state index < -0.39 is 5.97 Å². The van der Waals surface area contributed by atoms with Gasteiger partial charge in [0.25, 0.3) is 0 Å². The fourth-order valence-electron chi connectivity index (χ4n) is 1.55. The molecule has 1 aromatic rings. The van der Waals surface area contributed by atoms with E-state index >= 15 is 0 Å². The summed E-state index contributed by atoms with van der Waals surface area (Å²) in [5.74, 6) is -0.184. The molecule has 0 amide bonds. The second-order valence-corrected chi connectivity index (χ2v) is 4.03. The zero-order valence-electron chi connectivity index (χ0n) is 10.0.